The Morgan fingerprint density at radius 3 is 2.76 bits per heavy atom. The van der Waals surface area contributed by atoms with E-state index in [2.05, 4.69) is 0 Å². The van der Waals surface area contributed by atoms with Crippen LogP contribution in [0.2, 0.25) is 0 Å². The van der Waals surface area contributed by atoms with Crippen LogP contribution < -0.4 is 10.5 Å². The zero-order valence-corrected chi connectivity index (χ0v) is 9.80. The van der Waals surface area contributed by atoms with Gasteiger partial charge in [-0.3, -0.25) is 0 Å². The third kappa shape index (κ3) is 2.97. The maximum absolute atomic E-state index is 10.2. The molecule has 2 rings (SSSR count). The van der Waals surface area contributed by atoms with E-state index < -0.39 is 5.60 Å². The third-order valence-electron chi connectivity index (χ3n) is 3.26. The minimum atomic E-state index is -0.908. The summed E-state index contributed by atoms with van der Waals surface area (Å²) in [5.41, 5.74) is 5.49. The average Bonchev–Trinajstić information content (AvgIpc) is 3.21. The molecule has 4 N–H and O–H groups in total. The largest absolute Gasteiger partial charge is 0.491 e. The van der Waals surface area contributed by atoms with Gasteiger partial charge >= 0.3 is 0 Å². The lowest BCUT2D eigenvalue weighted by Crippen LogP contribution is -2.45. The highest BCUT2D eigenvalue weighted by Crippen LogP contribution is 2.39. The van der Waals surface area contributed by atoms with Crippen LogP contribution in [0.1, 0.15) is 18.4 Å². The molecule has 4 nitrogen and oxygen atoms in total. The Morgan fingerprint density at radius 1 is 1.41 bits per heavy atom. The van der Waals surface area contributed by atoms with Crippen molar-refractivity contribution in [2.24, 2.45) is 11.7 Å². The Hall–Kier alpha value is -1.10. The Morgan fingerprint density at radius 2 is 2.18 bits per heavy atom. The Labute approximate surface area is 101 Å². The molecule has 4 heteroatoms. The maximum atomic E-state index is 10.2. The second-order valence-corrected chi connectivity index (χ2v) is 4.68. The summed E-state index contributed by atoms with van der Waals surface area (Å²) in [6, 6.07) is 7.22. The van der Waals surface area contributed by atoms with Gasteiger partial charge in [0.05, 0.1) is 6.61 Å². The molecular formula is C13H19NO3. The Balaban J connectivity index is 1.96. The van der Waals surface area contributed by atoms with Crippen molar-refractivity contribution in [3.05, 3.63) is 29.8 Å². The van der Waals surface area contributed by atoms with Crippen molar-refractivity contribution in [1.82, 2.24) is 0 Å². The van der Waals surface area contributed by atoms with Gasteiger partial charge in [-0.15, -0.1) is 0 Å². The highest BCUT2D eigenvalue weighted by molar-refractivity contribution is 5.28. The van der Waals surface area contributed by atoms with Crippen LogP contribution in [0.3, 0.4) is 0 Å². The van der Waals surface area contributed by atoms with Crippen LogP contribution in [0.4, 0.5) is 0 Å². The van der Waals surface area contributed by atoms with E-state index in [4.69, 9.17) is 15.6 Å². The van der Waals surface area contributed by atoms with E-state index in [0.29, 0.717) is 5.75 Å². The average molecular weight is 237 g/mol. The van der Waals surface area contributed by atoms with Gasteiger partial charge in [-0.2, -0.15) is 0 Å². The van der Waals surface area contributed by atoms with Crippen molar-refractivity contribution >= 4 is 0 Å². The van der Waals surface area contributed by atoms with E-state index in [1.165, 1.54) is 0 Å². The van der Waals surface area contributed by atoms with E-state index in [1.807, 2.05) is 18.2 Å². The molecule has 0 heterocycles. The van der Waals surface area contributed by atoms with E-state index >= 15 is 0 Å². The van der Waals surface area contributed by atoms with Crippen LogP contribution >= 0.6 is 0 Å². The number of benzene rings is 1. The number of hydrogen-bond acceptors (Lipinski definition) is 4. The number of aliphatic hydroxyl groups excluding tert-OH is 1. The minimum absolute atomic E-state index is 0.0129. The molecule has 0 bridgehead atoms. The fourth-order valence-electron chi connectivity index (χ4n) is 1.91. The normalized spacial score (nSPS) is 18.8. The van der Waals surface area contributed by atoms with Crippen LogP contribution in [0.15, 0.2) is 24.3 Å². The summed E-state index contributed by atoms with van der Waals surface area (Å²) in [6.45, 7) is 0.418. The zero-order chi connectivity index (χ0) is 12.3. The molecule has 0 amide bonds. The Bertz CT molecular complexity index is 379. The summed E-state index contributed by atoms with van der Waals surface area (Å²) in [5.74, 6) is 0.928. The van der Waals surface area contributed by atoms with Crippen molar-refractivity contribution in [2.45, 2.75) is 25.0 Å². The van der Waals surface area contributed by atoms with Crippen molar-refractivity contribution in [1.29, 1.82) is 0 Å². The lowest BCUT2D eigenvalue weighted by molar-refractivity contribution is -0.0162. The van der Waals surface area contributed by atoms with Crippen LogP contribution in [-0.4, -0.2) is 29.0 Å². The highest BCUT2D eigenvalue weighted by atomic mass is 16.5. The Kier molecular flexibility index (Phi) is 3.66. The standard InChI is InChI=1S/C13H19NO3/c14-8-13(16,11-4-5-11)9-17-12-3-1-2-10(6-12)7-15/h1-3,6,11,15-16H,4-5,7-9,14H2. The van der Waals surface area contributed by atoms with Gasteiger partial charge < -0.3 is 20.7 Å². The molecule has 1 aromatic carbocycles. The van der Waals surface area contributed by atoms with Crippen LogP contribution in [0.25, 0.3) is 0 Å². The molecular weight excluding hydrogens is 218 g/mol. The van der Waals surface area contributed by atoms with Crippen LogP contribution in [0, 0.1) is 5.92 Å². The van der Waals surface area contributed by atoms with Gasteiger partial charge in [0, 0.05) is 6.54 Å². The second kappa shape index (κ2) is 5.04. The van der Waals surface area contributed by atoms with Crippen LogP contribution in [0.5, 0.6) is 5.75 Å². The fraction of sp³-hybridized carbons (Fsp3) is 0.538. The molecule has 1 saturated carbocycles. The molecule has 94 valence electrons. The highest BCUT2D eigenvalue weighted by Gasteiger charge is 2.43. The minimum Gasteiger partial charge on any atom is -0.491 e. The predicted molar refractivity (Wildman–Crippen MR) is 64.6 cm³/mol. The first kappa shape index (κ1) is 12.4. The number of rotatable bonds is 6. The molecule has 0 aliphatic heterocycles. The lowest BCUT2D eigenvalue weighted by atomic mass is 9.99. The SMILES string of the molecule is NCC(O)(COc1cccc(CO)c1)C1CC1. The first-order valence-electron chi connectivity index (χ1n) is 5.93. The molecule has 1 aliphatic carbocycles. The first-order chi connectivity index (χ1) is 8.18. The van der Waals surface area contributed by atoms with E-state index in [9.17, 15) is 5.11 Å². The molecule has 17 heavy (non-hydrogen) atoms. The van der Waals surface area contributed by atoms with E-state index in [0.717, 1.165) is 18.4 Å². The van der Waals surface area contributed by atoms with Crippen molar-refractivity contribution in [3.63, 3.8) is 0 Å². The van der Waals surface area contributed by atoms with Gasteiger partial charge in [0.25, 0.3) is 0 Å². The van der Waals surface area contributed by atoms with Gasteiger partial charge in [0.15, 0.2) is 0 Å². The fourth-order valence-corrected chi connectivity index (χ4v) is 1.91. The summed E-state index contributed by atoms with van der Waals surface area (Å²) in [4.78, 5) is 0. The molecule has 1 fully saturated rings. The molecule has 1 atom stereocenters. The van der Waals surface area contributed by atoms with Gasteiger partial charge in [0.1, 0.15) is 18.0 Å². The lowest BCUT2D eigenvalue weighted by Gasteiger charge is -2.26. The molecule has 1 aromatic rings. The second-order valence-electron chi connectivity index (χ2n) is 4.68. The molecule has 1 unspecified atom stereocenters. The molecule has 0 spiro atoms. The molecule has 0 radical (unpaired) electrons. The third-order valence-corrected chi connectivity index (χ3v) is 3.26. The molecule has 1 aliphatic rings. The summed E-state index contributed by atoms with van der Waals surface area (Å²) >= 11 is 0. The van der Waals surface area contributed by atoms with E-state index in [-0.39, 0.29) is 25.7 Å². The number of ether oxygens (including phenoxy) is 1. The summed E-state index contributed by atoms with van der Waals surface area (Å²) < 4.78 is 5.56. The van der Waals surface area contributed by atoms with Gasteiger partial charge in [-0.05, 0) is 36.5 Å². The number of hydrogen-bond donors (Lipinski definition) is 3. The predicted octanol–water partition coefficient (Wildman–Crippen LogP) is 0.657. The van der Waals surface area contributed by atoms with Gasteiger partial charge in [-0.1, -0.05) is 12.1 Å². The molecule has 0 saturated heterocycles. The van der Waals surface area contributed by atoms with Gasteiger partial charge in [-0.25, -0.2) is 0 Å². The quantitative estimate of drug-likeness (QED) is 0.679. The first-order valence-corrected chi connectivity index (χ1v) is 5.93. The topological polar surface area (TPSA) is 75.7 Å². The van der Waals surface area contributed by atoms with Crippen LogP contribution in [-0.2, 0) is 6.61 Å². The summed E-state index contributed by atoms with van der Waals surface area (Å²) in [7, 11) is 0. The number of aliphatic hydroxyl groups is 2. The number of nitrogens with two attached hydrogens (primary N) is 1. The summed E-state index contributed by atoms with van der Waals surface area (Å²) in [5, 5.41) is 19.3. The summed E-state index contributed by atoms with van der Waals surface area (Å²) in [6.07, 6.45) is 2.04. The van der Waals surface area contributed by atoms with Crippen molar-refractivity contribution < 1.29 is 14.9 Å². The molecule has 0 aromatic heterocycles. The smallest absolute Gasteiger partial charge is 0.119 e. The van der Waals surface area contributed by atoms with Gasteiger partial charge in [0.2, 0.25) is 0 Å². The maximum Gasteiger partial charge on any atom is 0.119 e. The monoisotopic (exact) mass is 237 g/mol. The van der Waals surface area contributed by atoms with Crippen molar-refractivity contribution in [3.8, 4) is 5.75 Å². The zero-order valence-electron chi connectivity index (χ0n) is 9.80. The van der Waals surface area contributed by atoms with Crippen molar-refractivity contribution in [2.75, 3.05) is 13.2 Å². The van der Waals surface area contributed by atoms with E-state index in [1.54, 1.807) is 6.07 Å².